The molecule has 2 aromatic rings. The first-order valence-corrected chi connectivity index (χ1v) is 9.56. The van der Waals surface area contributed by atoms with Gasteiger partial charge in [0.05, 0.1) is 0 Å². The van der Waals surface area contributed by atoms with Gasteiger partial charge in [-0.05, 0) is 54.3 Å². The lowest BCUT2D eigenvalue weighted by molar-refractivity contribution is -0.133. The zero-order chi connectivity index (χ0) is 16.9. The van der Waals surface area contributed by atoms with Crippen molar-refractivity contribution in [3.63, 3.8) is 0 Å². The summed E-state index contributed by atoms with van der Waals surface area (Å²) in [6.45, 7) is 5.25. The van der Waals surface area contributed by atoms with Crippen LogP contribution in [0.25, 0.3) is 0 Å². The molecule has 24 heavy (non-hydrogen) atoms. The minimum atomic E-state index is 0.0991. The molecule has 1 heterocycles. The van der Waals surface area contributed by atoms with Crippen molar-refractivity contribution in [2.45, 2.75) is 45.1 Å². The Hall–Kier alpha value is -1.81. The smallest absolute Gasteiger partial charge is 0.260 e. The van der Waals surface area contributed by atoms with Crippen LogP contribution in [0.1, 0.15) is 43.0 Å². The lowest BCUT2D eigenvalue weighted by Crippen LogP contribution is -2.38. The maximum Gasteiger partial charge on any atom is 0.260 e. The number of thiophene rings is 1. The van der Waals surface area contributed by atoms with E-state index in [1.54, 1.807) is 11.3 Å². The van der Waals surface area contributed by atoms with Crippen LogP contribution in [0.5, 0.6) is 5.75 Å². The maximum absolute atomic E-state index is 12.5. The summed E-state index contributed by atoms with van der Waals surface area (Å²) in [5, 5.41) is 2.09. The molecule has 1 fully saturated rings. The molecule has 1 saturated carbocycles. The highest BCUT2D eigenvalue weighted by atomic mass is 32.1. The standard InChI is InChI=1S/C20H25NO2S/c1-15(2)16-5-9-18(10-6-16)23-14-20(22)21(17-7-8-17)12-11-19-4-3-13-24-19/h3-6,9-10,13,15,17H,7-8,11-12,14H2,1-2H3. The van der Waals surface area contributed by atoms with Gasteiger partial charge in [0.15, 0.2) is 6.61 Å². The van der Waals surface area contributed by atoms with E-state index in [2.05, 4.69) is 43.5 Å². The summed E-state index contributed by atoms with van der Waals surface area (Å²) in [4.78, 5) is 15.9. The molecule has 0 N–H and O–H groups in total. The average Bonchev–Trinajstić information content (AvgIpc) is 3.28. The van der Waals surface area contributed by atoms with Gasteiger partial charge in [-0.1, -0.05) is 32.0 Å². The third-order valence-corrected chi connectivity index (χ3v) is 5.33. The molecule has 1 aliphatic carbocycles. The molecule has 0 unspecified atom stereocenters. The fourth-order valence-corrected chi connectivity index (χ4v) is 3.46. The summed E-state index contributed by atoms with van der Waals surface area (Å²) in [7, 11) is 0. The van der Waals surface area contributed by atoms with Crippen LogP contribution in [0.15, 0.2) is 41.8 Å². The fourth-order valence-electron chi connectivity index (χ4n) is 2.76. The second kappa shape index (κ2) is 7.84. The van der Waals surface area contributed by atoms with Crippen molar-refractivity contribution < 1.29 is 9.53 Å². The molecule has 1 aromatic carbocycles. The molecule has 4 heteroatoms. The molecular weight excluding hydrogens is 318 g/mol. The topological polar surface area (TPSA) is 29.5 Å². The van der Waals surface area contributed by atoms with Crippen LogP contribution in [-0.2, 0) is 11.2 Å². The second-order valence-corrected chi connectivity index (χ2v) is 7.69. The summed E-state index contributed by atoms with van der Waals surface area (Å²) in [5.74, 6) is 1.37. The number of ether oxygens (including phenoxy) is 1. The summed E-state index contributed by atoms with van der Waals surface area (Å²) in [5.41, 5.74) is 1.28. The summed E-state index contributed by atoms with van der Waals surface area (Å²) in [6.07, 6.45) is 3.18. The zero-order valence-corrected chi connectivity index (χ0v) is 15.2. The van der Waals surface area contributed by atoms with E-state index in [1.165, 1.54) is 10.4 Å². The maximum atomic E-state index is 12.5. The van der Waals surface area contributed by atoms with Crippen LogP contribution >= 0.6 is 11.3 Å². The van der Waals surface area contributed by atoms with E-state index in [0.29, 0.717) is 12.0 Å². The number of carbonyl (C=O) groups excluding carboxylic acids is 1. The minimum absolute atomic E-state index is 0.0991. The first-order valence-electron chi connectivity index (χ1n) is 8.68. The molecular formula is C20H25NO2S. The SMILES string of the molecule is CC(C)c1ccc(OCC(=O)N(CCc2cccs2)C2CC2)cc1. The van der Waals surface area contributed by atoms with Gasteiger partial charge in [-0.25, -0.2) is 0 Å². The minimum Gasteiger partial charge on any atom is -0.484 e. The first-order chi connectivity index (χ1) is 11.6. The molecule has 1 aromatic heterocycles. The van der Waals surface area contributed by atoms with E-state index in [-0.39, 0.29) is 12.5 Å². The third-order valence-electron chi connectivity index (χ3n) is 4.40. The molecule has 128 valence electrons. The lowest BCUT2D eigenvalue weighted by Gasteiger charge is -2.22. The molecule has 0 aliphatic heterocycles. The highest BCUT2D eigenvalue weighted by Gasteiger charge is 2.32. The van der Waals surface area contributed by atoms with Crippen molar-refractivity contribution in [3.8, 4) is 5.75 Å². The van der Waals surface area contributed by atoms with Crippen LogP contribution in [0.4, 0.5) is 0 Å². The van der Waals surface area contributed by atoms with Crippen molar-refractivity contribution >= 4 is 17.2 Å². The quantitative estimate of drug-likeness (QED) is 0.707. The Bertz CT molecular complexity index is 645. The predicted molar refractivity (Wildman–Crippen MR) is 98.8 cm³/mol. The van der Waals surface area contributed by atoms with Gasteiger partial charge in [0, 0.05) is 17.5 Å². The van der Waals surface area contributed by atoms with Crippen LogP contribution in [0, 0.1) is 0 Å². The lowest BCUT2D eigenvalue weighted by atomic mass is 10.0. The molecule has 3 rings (SSSR count). The van der Waals surface area contributed by atoms with E-state index in [1.807, 2.05) is 17.0 Å². The molecule has 0 saturated heterocycles. The van der Waals surface area contributed by atoms with Gasteiger partial charge in [-0.2, -0.15) is 0 Å². The van der Waals surface area contributed by atoms with Gasteiger partial charge in [0.1, 0.15) is 5.75 Å². The molecule has 0 spiro atoms. The summed E-state index contributed by atoms with van der Waals surface area (Å²) >= 11 is 1.75. The van der Waals surface area contributed by atoms with Crippen LogP contribution in [-0.4, -0.2) is 30.0 Å². The molecule has 1 aliphatic rings. The van der Waals surface area contributed by atoms with E-state index >= 15 is 0 Å². The normalized spacial score (nSPS) is 14.0. The number of rotatable bonds is 8. The van der Waals surface area contributed by atoms with Crippen LogP contribution in [0.2, 0.25) is 0 Å². The largest absolute Gasteiger partial charge is 0.484 e. The number of carbonyl (C=O) groups is 1. The Labute approximate surface area is 148 Å². The van der Waals surface area contributed by atoms with Crippen molar-refractivity contribution in [1.29, 1.82) is 0 Å². The van der Waals surface area contributed by atoms with E-state index in [4.69, 9.17) is 4.74 Å². The predicted octanol–water partition coefficient (Wildman–Crippen LogP) is 4.48. The number of amides is 1. The van der Waals surface area contributed by atoms with E-state index in [0.717, 1.165) is 31.6 Å². The number of benzene rings is 1. The Kier molecular flexibility index (Phi) is 5.56. The van der Waals surface area contributed by atoms with Crippen molar-refractivity contribution in [3.05, 3.63) is 52.2 Å². The highest BCUT2D eigenvalue weighted by Crippen LogP contribution is 2.27. The van der Waals surface area contributed by atoms with Gasteiger partial charge >= 0.3 is 0 Å². The average molecular weight is 343 g/mol. The molecule has 0 atom stereocenters. The van der Waals surface area contributed by atoms with Crippen LogP contribution in [0.3, 0.4) is 0 Å². The van der Waals surface area contributed by atoms with Crippen molar-refractivity contribution in [2.24, 2.45) is 0 Å². The third kappa shape index (κ3) is 4.60. The van der Waals surface area contributed by atoms with Gasteiger partial charge in [0.2, 0.25) is 0 Å². The molecule has 1 amide bonds. The Morgan fingerprint density at radius 2 is 2.00 bits per heavy atom. The van der Waals surface area contributed by atoms with E-state index in [9.17, 15) is 4.79 Å². The number of hydrogen-bond acceptors (Lipinski definition) is 3. The Morgan fingerprint density at radius 1 is 1.25 bits per heavy atom. The summed E-state index contributed by atoms with van der Waals surface area (Å²) < 4.78 is 5.71. The molecule has 3 nitrogen and oxygen atoms in total. The Morgan fingerprint density at radius 3 is 2.58 bits per heavy atom. The van der Waals surface area contributed by atoms with Gasteiger partial charge in [0.25, 0.3) is 5.91 Å². The van der Waals surface area contributed by atoms with Gasteiger partial charge in [-0.3, -0.25) is 4.79 Å². The van der Waals surface area contributed by atoms with Crippen molar-refractivity contribution in [2.75, 3.05) is 13.2 Å². The first kappa shape index (κ1) is 17.0. The summed E-state index contributed by atoms with van der Waals surface area (Å²) in [6, 6.07) is 12.7. The second-order valence-electron chi connectivity index (χ2n) is 6.66. The Balaban J connectivity index is 1.51. The van der Waals surface area contributed by atoms with E-state index < -0.39 is 0 Å². The van der Waals surface area contributed by atoms with Gasteiger partial charge < -0.3 is 9.64 Å². The zero-order valence-electron chi connectivity index (χ0n) is 14.4. The van der Waals surface area contributed by atoms with Crippen LogP contribution < -0.4 is 4.74 Å². The molecule has 0 bridgehead atoms. The van der Waals surface area contributed by atoms with Gasteiger partial charge in [-0.15, -0.1) is 11.3 Å². The van der Waals surface area contributed by atoms with Crippen molar-refractivity contribution in [1.82, 2.24) is 4.90 Å². The number of nitrogens with zero attached hydrogens (tertiary/aromatic N) is 1. The number of hydrogen-bond donors (Lipinski definition) is 0. The monoisotopic (exact) mass is 343 g/mol. The molecule has 0 radical (unpaired) electrons. The fraction of sp³-hybridized carbons (Fsp3) is 0.450. The highest BCUT2D eigenvalue weighted by molar-refractivity contribution is 7.09.